The van der Waals surface area contributed by atoms with Crippen molar-refractivity contribution in [2.24, 2.45) is 5.92 Å². The number of para-hydroxylation sites is 1. The van der Waals surface area contributed by atoms with Gasteiger partial charge in [-0.2, -0.15) is 0 Å². The number of hydrogen-bond donors (Lipinski definition) is 1. The highest BCUT2D eigenvalue weighted by molar-refractivity contribution is 5.82. The first-order chi connectivity index (χ1) is 14.2. The van der Waals surface area contributed by atoms with Gasteiger partial charge in [-0.15, -0.1) is 0 Å². The van der Waals surface area contributed by atoms with Crippen molar-refractivity contribution in [3.63, 3.8) is 0 Å². The molecule has 0 spiro atoms. The fourth-order valence-electron chi connectivity index (χ4n) is 5.25. The van der Waals surface area contributed by atoms with Crippen LogP contribution in [0.25, 0.3) is 10.9 Å². The van der Waals surface area contributed by atoms with E-state index >= 15 is 0 Å². The van der Waals surface area contributed by atoms with E-state index in [4.69, 9.17) is 0 Å². The Hall–Kier alpha value is -3.60. The quantitative estimate of drug-likeness (QED) is 0.369. The summed E-state index contributed by atoms with van der Waals surface area (Å²) in [6.07, 6.45) is 0. The number of nitrogens with one attached hydrogen (secondary N) is 1. The lowest BCUT2D eigenvalue weighted by Gasteiger charge is -2.37. The van der Waals surface area contributed by atoms with E-state index in [1.807, 2.05) is 24.3 Å². The number of rotatable bonds is 2. The number of aromatic nitrogens is 1. The fourth-order valence-corrected chi connectivity index (χ4v) is 5.25. The molecule has 0 radical (unpaired) electrons. The van der Waals surface area contributed by atoms with E-state index in [1.165, 1.54) is 22.2 Å². The second-order valence-corrected chi connectivity index (χ2v) is 7.94. The summed E-state index contributed by atoms with van der Waals surface area (Å²) in [5.74, 6) is 0.405. The first-order valence-corrected chi connectivity index (χ1v) is 9.89. The van der Waals surface area contributed by atoms with Crippen molar-refractivity contribution in [1.29, 1.82) is 0 Å². The number of benzene rings is 3. The highest BCUT2D eigenvalue weighted by atomic mass is 16.6. The lowest BCUT2D eigenvalue weighted by Crippen LogP contribution is -2.30. The van der Waals surface area contributed by atoms with E-state index in [2.05, 4.69) is 52.3 Å². The molecular weight excluding hydrogens is 362 g/mol. The lowest BCUT2D eigenvalue weighted by atomic mass is 9.74. The van der Waals surface area contributed by atoms with Gasteiger partial charge in [-0.25, -0.2) is 0 Å². The van der Waals surface area contributed by atoms with Crippen LogP contribution in [0.15, 0.2) is 78.9 Å². The molecule has 1 N–H and O–H groups in total. The maximum atomic E-state index is 11.4. The summed E-state index contributed by atoms with van der Waals surface area (Å²) in [4.78, 5) is 11.1. The molecule has 0 fully saturated rings. The molecule has 29 heavy (non-hydrogen) atoms. The van der Waals surface area contributed by atoms with Gasteiger partial charge in [0.25, 0.3) is 5.69 Å². The standard InChI is InChI=1S/C24H19N3O2/c28-27(29)17-10-11-20-18(13-17)23(15-6-2-1-3-7-15)19-14-26-21-9-5-4-8-16(21)12-22(26)24(19)25-20/h1-13,19,23-25H,14H2/t19-,23-,24-/m0/s1. The topological polar surface area (TPSA) is 60.1 Å². The second kappa shape index (κ2) is 5.95. The Morgan fingerprint density at radius 1 is 0.966 bits per heavy atom. The molecule has 0 aliphatic carbocycles. The number of hydrogen-bond acceptors (Lipinski definition) is 3. The first-order valence-electron chi connectivity index (χ1n) is 9.89. The molecule has 2 aliphatic rings. The van der Waals surface area contributed by atoms with Crippen molar-refractivity contribution < 1.29 is 4.92 Å². The van der Waals surface area contributed by atoms with Gasteiger partial charge in [0, 0.05) is 47.4 Å². The maximum absolute atomic E-state index is 11.4. The zero-order chi connectivity index (χ0) is 19.5. The van der Waals surface area contributed by atoms with E-state index in [0.717, 1.165) is 17.8 Å². The van der Waals surface area contributed by atoms with E-state index in [0.29, 0.717) is 5.92 Å². The third-order valence-electron chi connectivity index (χ3n) is 6.46. The Kier molecular flexibility index (Phi) is 3.36. The van der Waals surface area contributed by atoms with Crippen molar-refractivity contribution in [1.82, 2.24) is 4.57 Å². The van der Waals surface area contributed by atoms with Gasteiger partial charge in [0.15, 0.2) is 0 Å². The van der Waals surface area contributed by atoms with Gasteiger partial charge in [-0.3, -0.25) is 10.1 Å². The minimum absolute atomic E-state index is 0.107. The van der Waals surface area contributed by atoms with Gasteiger partial charge in [-0.1, -0.05) is 48.5 Å². The molecule has 3 heterocycles. The van der Waals surface area contributed by atoms with Crippen LogP contribution < -0.4 is 5.32 Å². The smallest absolute Gasteiger partial charge is 0.269 e. The van der Waals surface area contributed by atoms with Crippen LogP contribution in [0.1, 0.15) is 28.8 Å². The number of fused-ring (bicyclic) bond motifs is 6. The molecule has 0 saturated carbocycles. The third-order valence-corrected chi connectivity index (χ3v) is 6.46. The monoisotopic (exact) mass is 381 g/mol. The average molecular weight is 381 g/mol. The first kappa shape index (κ1) is 16.4. The normalized spacial score (nSPS) is 21.9. The van der Waals surface area contributed by atoms with Gasteiger partial charge in [0.1, 0.15) is 0 Å². The average Bonchev–Trinajstić information content (AvgIpc) is 3.28. The van der Waals surface area contributed by atoms with Crippen LogP contribution in [0.2, 0.25) is 0 Å². The largest absolute Gasteiger partial charge is 0.376 e. The van der Waals surface area contributed by atoms with E-state index in [1.54, 1.807) is 12.1 Å². The van der Waals surface area contributed by atoms with Crippen LogP contribution in [0.5, 0.6) is 0 Å². The van der Waals surface area contributed by atoms with E-state index < -0.39 is 0 Å². The van der Waals surface area contributed by atoms with E-state index in [9.17, 15) is 10.1 Å². The number of nitro groups is 1. The number of non-ortho nitro benzene ring substituents is 1. The Balaban J connectivity index is 1.55. The second-order valence-electron chi connectivity index (χ2n) is 7.94. The van der Waals surface area contributed by atoms with Crippen molar-refractivity contribution in [3.05, 3.63) is 106 Å². The van der Waals surface area contributed by atoms with Crippen LogP contribution in [0.4, 0.5) is 11.4 Å². The van der Waals surface area contributed by atoms with Gasteiger partial charge in [0.2, 0.25) is 0 Å². The number of anilines is 1. The van der Waals surface area contributed by atoms with Crippen LogP contribution in [-0.4, -0.2) is 9.49 Å². The minimum atomic E-state index is -0.305. The molecule has 0 amide bonds. The predicted molar refractivity (Wildman–Crippen MR) is 113 cm³/mol. The van der Waals surface area contributed by atoms with Crippen LogP contribution >= 0.6 is 0 Å². The van der Waals surface area contributed by atoms with E-state index in [-0.39, 0.29) is 22.6 Å². The Labute approximate surface area is 167 Å². The summed E-state index contributed by atoms with van der Waals surface area (Å²) in [7, 11) is 0. The molecule has 1 aromatic heterocycles. The molecule has 0 bridgehead atoms. The van der Waals surface area contributed by atoms with Crippen molar-refractivity contribution in [3.8, 4) is 0 Å². The SMILES string of the molecule is O=[N+]([O-])c1ccc2c(c1)[C@H](c1ccccc1)[C@@H]1Cn3c(cc4ccccc43)[C@H]1N2. The Bertz CT molecular complexity index is 1260. The maximum Gasteiger partial charge on any atom is 0.269 e. The van der Waals surface area contributed by atoms with Gasteiger partial charge < -0.3 is 9.88 Å². The molecule has 5 nitrogen and oxygen atoms in total. The molecular formula is C24H19N3O2. The summed E-state index contributed by atoms with van der Waals surface area (Å²) >= 11 is 0. The summed E-state index contributed by atoms with van der Waals surface area (Å²) in [6, 6.07) is 26.6. The molecule has 2 aliphatic heterocycles. The molecule has 0 saturated heterocycles. The third kappa shape index (κ3) is 2.34. The summed E-state index contributed by atoms with van der Waals surface area (Å²) in [5, 5.41) is 16.4. The van der Waals surface area contributed by atoms with Gasteiger partial charge >= 0.3 is 0 Å². The summed E-state index contributed by atoms with van der Waals surface area (Å²) in [6.45, 7) is 0.891. The lowest BCUT2D eigenvalue weighted by molar-refractivity contribution is -0.384. The highest BCUT2D eigenvalue weighted by Gasteiger charge is 2.44. The Morgan fingerprint density at radius 2 is 1.76 bits per heavy atom. The minimum Gasteiger partial charge on any atom is -0.376 e. The zero-order valence-electron chi connectivity index (χ0n) is 15.7. The van der Waals surface area contributed by atoms with Crippen molar-refractivity contribution >= 4 is 22.3 Å². The van der Waals surface area contributed by atoms with Crippen molar-refractivity contribution in [2.75, 3.05) is 5.32 Å². The molecule has 5 heteroatoms. The molecule has 0 unspecified atom stereocenters. The number of nitro benzene ring substituents is 1. The number of nitrogens with zero attached hydrogens (tertiary/aromatic N) is 2. The van der Waals surface area contributed by atoms with Crippen LogP contribution in [0.3, 0.4) is 0 Å². The fraction of sp³-hybridized carbons (Fsp3) is 0.167. The molecule has 6 rings (SSSR count). The van der Waals surface area contributed by atoms with Gasteiger partial charge in [0.05, 0.1) is 11.0 Å². The molecule has 142 valence electrons. The zero-order valence-corrected chi connectivity index (χ0v) is 15.7. The molecule has 3 atom stereocenters. The Morgan fingerprint density at radius 3 is 2.59 bits per heavy atom. The molecule has 3 aromatic carbocycles. The highest BCUT2D eigenvalue weighted by Crippen LogP contribution is 2.53. The molecule has 4 aromatic rings. The van der Waals surface area contributed by atoms with Gasteiger partial charge in [-0.05, 0) is 34.7 Å². The van der Waals surface area contributed by atoms with Crippen molar-refractivity contribution in [2.45, 2.75) is 18.5 Å². The predicted octanol–water partition coefficient (Wildman–Crippen LogP) is 5.48. The summed E-state index contributed by atoms with van der Waals surface area (Å²) < 4.78 is 2.41. The van der Waals surface area contributed by atoms with Crippen LogP contribution in [0, 0.1) is 16.0 Å². The summed E-state index contributed by atoms with van der Waals surface area (Å²) in [5.41, 5.74) is 5.90. The van der Waals surface area contributed by atoms with Crippen LogP contribution in [-0.2, 0) is 6.54 Å².